The van der Waals surface area contributed by atoms with Crippen LogP contribution in [0.15, 0.2) is 40.1 Å². The molecule has 1 saturated heterocycles. The van der Waals surface area contributed by atoms with E-state index in [1.807, 2.05) is 33.8 Å². The third-order valence-electron chi connectivity index (χ3n) is 6.12. The molecule has 0 N–H and O–H groups in total. The standard InChI is InChI=1S/C22H29NO5S2/c1-15-14-16(2)18(4)22(17(15)3)30(26,27)23-12-10-21(11-13-23)29(24,25)20-8-6-19(28-5)7-9-20/h6-9,14,21H,10-13H2,1-5H3. The molecule has 30 heavy (non-hydrogen) atoms. The van der Waals surface area contributed by atoms with Crippen LogP contribution in [0.4, 0.5) is 0 Å². The first-order valence-corrected chi connectivity index (χ1v) is 12.9. The third kappa shape index (κ3) is 4.00. The van der Waals surface area contributed by atoms with E-state index in [1.165, 1.54) is 11.4 Å². The first-order valence-electron chi connectivity index (χ1n) is 9.95. The number of piperidine rings is 1. The van der Waals surface area contributed by atoms with Gasteiger partial charge in [0.25, 0.3) is 0 Å². The normalized spacial score (nSPS) is 16.6. The lowest BCUT2D eigenvalue weighted by Crippen LogP contribution is -2.42. The molecule has 164 valence electrons. The van der Waals surface area contributed by atoms with E-state index in [1.54, 1.807) is 24.3 Å². The Morgan fingerprint density at radius 3 is 1.83 bits per heavy atom. The molecule has 0 amide bonds. The van der Waals surface area contributed by atoms with E-state index in [9.17, 15) is 16.8 Å². The van der Waals surface area contributed by atoms with Crippen molar-refractivity contribution in [2.75, 3.05) is 20.2 Å². The quantitative estimate of drug-likeness (QED) is 0.694. The van der Waals surface area contributed by atoms with Gasteiger partial charge in [0.2, 0.25) is 10.0 Å². The van der Waals surface area contributed by atoms with Crippen molar-refractivity contribution in [1.29, 1.82) is 0 Å². The Kier molecular flexibility index (Phi) is 6.32. The average molecular weight is 452 g/mol. The highest BCUT2D eigenvalue weighted by Gasteiger charge is 2.37. The van der Waals surface area contributed by atoms with Crippen LogP contribution >= 0.6 is 0 Å². The summed E-state index contributed by atoms with van der Waals surface area (Å²) in [6.07, 6.45) is 0.549. The molecular formula is C22H29NO5S2. The highest BCUT2D eigenvalue weighted by Crippen LogP contribution is 2.32. The van der Waals surface area contributed by atoms with Gasteiger partial charge in [0.05, 0.1) is 22.2 Å². The second kappa shape index (κ2) is 8.32. The van der Waals surface area contributed by atoms with E-state index in [0.29, 0.717) is 10.6 Å². The van der Waals surface area contributed by atoms with Crippen LogP contribution in [0.3, 0.4) is 0 Å². The van der Waals surface area contributed by atoms with Gasteiger partial charge in [-0.3, -0.25) is 0 Å². The van der Waals surface area contributed by atoms with Crippen molar-refractivity contribution in [3.8, 4) is 5.75 Å². The van der Waals surface area contributed by atoms with Gasteiger partial charge >= 0.3 is 0 Å². The van der Waals surface area contributed by atoms with Crippen LogP contribution < -0.4 is 4.74 Å². The summed E-state index contributed by atoms with van der Waals surface area (Å²) >= 11 is 0. The number of nitrogens with zero attached hydrogens (tertiary/aromatic N) is 1. The van der Waals surface area contributed by atoms with Crippen molar-refractivity contribution < 1.29 is 21.6 Å². The minimum absolute atomic E-state index is 0.189. The van der Waals surface area contributed by atoms with Crippen LogP contribution in [0.25, 0.3) is 0 Å². The molecule has 0 spiro atoms. The Balaban J connectivity index is 1.83. The Hall–Kier alpha value is -1.90. The molecule has 1 heterocycles. The van der Waals surface area contributed by atoms with Crippen molar-refractivity contribution in [3.63, 3.8) is 0 Å². The summed E-state index contributed by atoms with van der Waals surface area (Å²) in [5.41, 5.74) is 3.39. The highest BCUT2D eigenvalue weighted by molar-refractivity contribution is 7.92. The molecule has 0 saturated carbocycles. The van der Waals surface area contributed by atoms with Gasteiger partial charge in [0.1, 0.15) is 5.75 Å². The van der Waals surface area contributed by atoms with Gasteiger partial charge in [-0.15, -0.1) is 0 Å². The lowest BCUT2D eigenvalue weighted by Gasteiger charge is -2.32. The Morgan fingerprint density at radius 1 is 0.867 bits per heavy atom. The zero-order valence-corrected chi connectivity index (χ0v) is 19.7. The molecule has 0 atom stereocenters. The van der Waals surface area contributed by atoms with Gasteiger partial charge in [-0.1, -0.05) is 6.07 Å². The SMILES string of the molecule is COc1ccc(S(=O)(=O)C2CCN(S(=O)(=O)c3c(C)c(C)cc(C)c3C)CC2)cc1. The summed E-state index contributed by atoms with van der Waals surface area (Å²) in [6, 6.07) is 8.33. The predicted molar refractivity (Wildman–Crippen MR) is 117 cm³/mol. The monoisotopic (exact) mass is 451 g/mol. The number of sulfonamides is 1. The molecule has 1 fully saturated rings. The summed E-state index contributed by atoms with van der Waals surface area (Å²) in [6.45, 7) is 7.86. The number of hydrogen-bond acceptors (Lipinski definition) is 5. The molecule has 8 heteroatoms. The minimum atomic E-state index is -3.69. The van der Waals surface area contributed by atoms with Crippen molar-refractivity contribution in [1.82, 2.24) is 4.31 Å². The number of benzene rings is 2. The Morgan fingerprint density at radius 2 is 1.37 bits per heavy atom. The molecule has 3 rings (SSSR count). The molecule has 0 radical (unpaired) electrons. The first-order chi connectivity index (χ1) is 14.0. The Bertz CT molecular complexity index is 1120. The average Bonchev–Trinajstić information content (AvgIpc) is 2.72. The van der Waals surface area contributed by atoms with Crippen molar-refractivity contribution in [2.24, 2.45) is 0 Å². The molecule has 0 aliphatic carbocycles. The third-order valence-corrected chi connectivity index (χ3v) is 10.6. The van der Waals surface area contributed by atoms with Gasteiger partial charge in [-0.2, -0.15) is 4.31 Å². The topological polar surface area (TPSA) is 80.8 Å². The number of methoxy groups -OCH3 is 1. The van der Waals surface area contributed by atoms with Crippen LogP contribution in [0.5, 0.6) is 5.75 Å². The zero-order valence-electron chi connectivity index (χ0n) is 18.1. The number of aryl methyl sites for hydroxylation is 2. The van der Waals surface area contributed by atoms with E-state index < -0.39 is 25.1 Å². The van der Waals surface area contributed by atoms with Gasteiger partial charge in [-0.25, -0.2) is 16.8 Å². The molecule has 1 aliphatic rings. The van der Waals surface area contributed by atoms with Crippen molar-refractivity contribution in [3.05, 3.63) is 52.6 Å². The first kappa shape index (κ1) is 22.8. The van der Waals surface area contributed by atoms with E-state index in [2.05, 4.69) is 0 Å². The maximum atomic E-state index is 13.4. The van der Waals surface area contributed by atoms with Crippen LogP contribution in [-0.2, 0) is 19.9 Å². The second-order valence-corrected chi connectivity index (χ2v) is 12.0. The maximum absolute atomic E-state index is 13.4. The van der Waals surface area contributed by atoms with E-state index in [0.717, 1.165) is 22.3 Å². The summed E-state index contributed by atoms with van der Waals surface area (Å²) in [5.74, 6) is 0.592. The number of hydrogen-bond donors (Lipinski definition) is 0. The lowest BCUT2D eigenvalue weighted by molar-refractivity contribution is 0.345. The molecule has 0 bridgehead atoms. The second-order valence-electron chi connectivity index (χ2n) is 7.91. The van der Waals surface area contributed by atoms with E-state index >= 15 is 0 Å². The molecule has 0 aromatic heterocycles. The van der Waals surface area contributed by atoms with Crippen LogP contribution in [0.2, 0.25) is 0 Å². The van der Waals surface area contributed by atoms with Crippen LogP contribution in [-0.4, -0.2) is 46.6 Å². The predicted octanol–water partition coefficient (Wildman–Crippen LogP) is 3.56. The maximum Gasteiger partial charge on any atom is 0.243 e. The molecular weight excluding hydrogens is 422 g/mol. The van der Waals surface area contributed by atoms with Crippen LogP contribution in [0.1, 0.15) is 35.1 Å². The molecule has 2 aromatic rings. The number of sulfone groups is 1. The van der Waals surface area contributed by atoms with E-state index in [-0.39, 0.29) is 30.8 Å². The fraction of sp³-hybridized carbons (Fsp3) is 0.455. The minimum Gasteiger partial charge on any atom is -0.497 e. The summed E-state index contributed by atoms with van der Waals surface area (Å²) in [7, 11) is -5.69. The fourth-order valence-corrected chi connectivity index (χ4v) is 7.81. The van der Waals surface area contributed by atoms with E-state index in [4.69, 9.17) is 4.74 Å². The molecule has 6 nitrogen and oxygen atoms in total. The van der Waals surface area contributed by atoms with Gasteiger partial charge in [0.15, 0.2) is 9.84 Å². The van der Waals surface area contributed by atoms with Crippen molar-refractivity contribution >= 4 is 19.9 Å². The number of rotatable bonds is 5. The molecule has 1 aliphatic heterocycles. The largest absolute Gasteiger partial charge is 0.497 e. The fourth-order valence-electron chi connectivity index (χ4n) is 4.04. The van der Waals surface area contributed by atoms with Gasteiger partial charge < -0.3 is 4.74 Å². The van der Waals surface area contributed by atoms with Gasteiger partial charge in [0, 0.05) is 13.1 Å². The molecule has 2 aromatic carbocycles. The smallest absolute Gasteiger partial charge is 0.243 e. The molecule has 0 unspecified atom stereocenters. The van der Waals surface area contributed by atoms with Crippen LogP contribution in [0, 0.1) is 27.7 Å². The van der Waals surface area contributed by atoms with Crippen molar-refractivity contribution in [2.45, 2.75) is 55.6 Å². The summed E-state index contributed by atoms with van der Waals surface area (Å²) < 4.78 is 59.3. The highest BCUT2D eigenvalue weighted by atomic mass is 32.2. The number of ether oxygens (including phenoxy) is 1. The summed E-state index contributed by atoms with van der Waals surface area (Å²) in [4.78, 5) is 0.599. The zero-order chi connectivity index (χ0) is 22.3. The lowest BCUT2D eigenvalue weighted by atomic mass is 10.0. The summed E-state index contributed by atoms with van der Waals surface area (Å²) in [5, 5.41) is -0.598. The van der Waals surface area contributed by atoms with Gasteiger partial charge in [-0.05, 0) is 87.1 Å². The Labute approximate surface area is 179 Å².